The van der Waals surface area contributed by atoms with Gasteiger partial charge >= 0.3 is 0 Å². The van der Waals surface area contributed by atoms with Crippen LogP contribution in [0.25, 0.3) is 6.08 Å². The number of hydrogen-bond acceptors (Lipinski definition) is 6. The lowest BCUT2D eigenvalue weighted by Gasteiger charge is -2.12. The van der Waals surface area contributed by atoms with E-state index in [0.717, 1.165) is 16.7 Å². The summed E-state index contributed by atoms with van der Waals surface area (Å²) in [6, 6.07) is 11.9. The van der Waals surface area contributed by atoms with Crippen molar-refractivity contribution < 1.29 is 23.9 Å². The highest BCUT2D eigenvalue weighted by molar-refractivity contribution is 8.18. The van der Waals surface area contributed by atoms with Crippen LogP contribution in [0.15, 0.2) is 47.4 Å². The summed E-state index contributed by atoms with van der Waals surface area (Å²) in [5.74, 6) is 0.0798. The molecule has 7 nitrogen and oxygen atoms in total. The second kappa shape index (κ2) is 7.57. The van der Waals surface area contributed by atoms with Crippen LogP contribution in [-0.4, -0.2) is 35.3 Å². The van der Waals surface area contributed by atoms with Gasteiger partial charge in [-0.05, 0) is 41.6 Å². The van der Waals surface area contributed by atoms with Crippen LogP contribution in [0, 0.1) is 0 Å². The van der Waals surface area contributed by atoms with Crippen LogP contribution in [0.2, 0.25) is 5.02 Å². The Labute approximate surface area is 169 Å². The lowest BCUT2D eigenvalue weighted by Crippen LogP contribution is -2.36. The van der Waals surface area contributed by atoms with Gasteiger partial charge in [0, 0.05) is 16.8 Å². The number of nitrogens with one attached hydrogen (secondary N) is 1. The Kier molecular flexibility index (Phi) is 4.97. The molecular weight excluding hydrogens is 404 g/mol. The summed E-state index contributed by atoms with van der Waals surface area (Å²) in [6.07, 6.45) is 1.54. The van der Waals surface area contributed by atoms with Gasteiger partial charge < -0.3 is 14.8 Å². The number of nitrogens with zero attached hydrogens (tertiary/aromatic N) is 1. The van der Waals surface area contributed by atoms with Crippen LogP contribution in [-0.2, 0) is 9.59 Å². The molecule has 0 spiro atoms. The summed E-state index contributed by atoms with van der Waals surface area (Å²) in [5, 5.41) is 2.60. The average Bonchev–Trinajstić information content (AvgIpc) is 3.23. The fraction of sp³-hybridized carbons (Fsp3) is 0.105. The lowest BCUT2D eigenvalue weighted by atomic mass is 10.2. The largest absolute Gasteiger partial charge is 0.454 e. The monoisotopic (exact) mass is 416 g/mol. The quantitative estimate of drug-likeness (QED) is 0.764. The molecule has 1 fully saturated rings. The number of halogens is 1. The molecule has 2 aromatic rings. The van der Waals surface area contributed by atoms with Crippen molar-refractivity contribution in [2.45, 2.75) is 0 Å². The highest BCUT2D eigenvalue weighted by atomic mass is 35.5. The second-order valence-electron chi connectivity index (χ2n) is 5.91. The molecule has 0 bridgehead atoms. The number of amides is 3. The average molecular weight is 417 g/mol. The van der Waals surface area contributed by atoms with Crippen molar-refractivity contribution in [2.24, 2.45) is 0 Å². The van der Waals surface area contributed by atoms with Crippen LogP contribution < -0.4 is 14.8 Å². The third kappa shape index (κ3) is 3.69. The Hall–Kier alpha value is -2.97. The molecule has 0 aliphatic carbocycles. The van der Waals surface area contributed by atoms with Crippen molar-refractivity contribution in [1.82, 2.24) is 4.90 Å². The maximum absolute atomic E-state index is 12.5. The molecule has 0 radical (unpaired) electrons. The first-order chi connectivity index (χ1) is 13.5. The van der Waals surface area contributed by atoms with Crippen molar-refractivity contribution in [1.29, 1.82) is 0 Å². The van der Waals surface area contributed by atoms with Crippen LogP contribution in [0.5, 0.6) is 11.5 Å². The minimum absolute atomic E-state index is 0.126. The Morgan fingerprint density at radius 3 is 2.79 bits per heavy atom. The number of rotatable bonds is 4. The highest BCUT2D eigenvalue weighted by Crippen LogP contribution is 2.35. The lowest BCUT2D eigenvalue weighted by molar-refractivity contribution is -0.127. The molecular formula is C19H13ClN2O5S. The van der Waals surface area contributed by atoms with Crippen LogP contribution >= 0.6 is 23.4 Å². The Morgan fingerprint density at radius 1 is 1.18 bits per heavy atom. The SMILES string of the molecule is O=C(CN1C(=O)S/C(=C/c2ccccc2Cl)C1=O)Nc1ccc2c(c1)OCO2. The van der Waals surface area contributed by atoms with Crippen molar-refractivity contribution in [3.63, 3.8) is 0 Å². The Bertz CT molecular complexity index is 1020. The van der Waals surface area contributed by atoms with Gasteiger partial charge in [0.2, 0.25) is 12.7 Å². The minimum atomic E-state index is -0.532. The Morgan fingerprint density at radius 2 is 1.96 bits per heavy atom. The number of ether oxygens (including phenoxy) is 2. The van der Waals surface area contributed by atoms with Gasteiger partial charge in [0.25, 0.3) is 11.1 Å². The van der Waals surface area contributed by atoms with E-state index >= 15 is 0 Å². The van der Waals surface area contributed by atoms with Crippen LogP contribution in [0.4, 0.5) is 10.5 Å². The van der Waals surface area contributed by atoms with E-state index in [0.29, 0.717) is 27.8 Å². The second-order valence-corrected chi connectivity index (χ2v) is 7.31. The smallest absolute Gasteiger partial charge is 0.294 e. The summed E-state index contributed by atoms with van der Waals surface area (Å²) in [6.45, 7) is -0.264. The molecule has 2 aromatic carbocycles. The molecule has 4 rings (SSSR count). The van der Waals surface area contributed by atoms with Gasteiger partial charge in [0.1, 0.15) is 6.54 Å². The normalized spacial score (nSPS) is 16.8. The van der Waals surface area contributed by atoms with E-state index in [-0.39, 0.29) is 18.2 Å². The molecule has 1 saturated heterocycles. The first-order valence-electron chi connectivity index (χ1n) is 8.20. The van der Waals surface area contributed by atoms with Gasteiger partial charge in [0.15, 0.2) is 11.5 Å². The van der Waals surface area contributed by atoms with Gasteiger partial charge in [-0.1, -0.05) is 29.8 Å². The molecule has 3 amide bonds. The van der Waals surface area contributed by atoms with Gasteiger partial charge in [0.05, 0.1) is 4.91 Å². The zero-order valence-corrected chi connectivity index (χ0v) is 15.9. The van der Waals surface area contributed by atoms with E-state index in [1.807, 2.05) is 0 Å². The summed E-state index contributed by atoms with van der Waals surface area (Å²) in [7, 11) is 0. The fourth-order valence-corrected chi connectivity index (χ4v) is 3.71. The number of hydrogen-bond donors (Lipinski definition) is 1. The molecule has 1 N–H and O–H groups in total. The van der Waals surface area contributed by atoms with E-state index in [4.69, 9.17) is 21.1 Å². The molecule has 9 heteroatoms. The van der Waals surface area contributed by atoms with Crippen molar-refractivity contribution in [3.8, 4) is 11.5 Å². The molecule has 2 aliphatic rings. The van der Waals surface area contributed by atoms with Crippen LogP contribution in [0.3, 0.4) is 0 Å². The van der Waals surface area contributed by atoms with Crippen molar-refractivity contribution >= 4 is 52.2 Å². The summed E-state index contributed by atoms with van der Waals surface area (Å²) < 4.78 is 10.5. The van der Waals surface area contributed by atoms with E-state index < -0.39 is 17.1 Å². The summed E-state index contributed by atoms with van der Waals surface area (Å²) in [5.41, 5.74) is 1.10. The standard InChI is InChI=1S/C19H13ClN2O5S/c20-13-4-2-1-3-11(13)7-16-18(24)22(19(25)28-16)9-17(23)21-12-5-6-14-15(8-12)27-10-26-14/h1-8H,9-10H2,(H,21,23)/b16-7+. The summed E-state index contributed by atoms with van der Waals surface area (Å²) >= 11 is 6.86. The first kappa shape index (κ1) is 18.4. The van der Waals surface area contributed by atoms with Gasteiger partial charge in [-0.2, -0.15) is 0 Å². The van der Waals surface area contributed by atoms with Crippen molar-refractivity contribution in [3.05, 3.63) is 58.0 Å². The zero-order valence-electron chi connectivity index (χ0n) is 14.3. The van der Waals surface area contributed by atoms with Crippen LogP contribution in [0.1, 0.15) is 5.56 Å². The van der Waals surface area contributed by atoms with E-state index in [9.17, 15) is 14.4 Å². The number of anilines is 1. The molecule has 0 unspecified atom stereocenters. The van der Waals surface area contributed by atoms with Gasteiger partial charge in [-0.15, -0.1) is 0 Å². The number of benzene rings is 2. The first-order valence-corrected chi connectivity index (χ1v) is 9.40. The minimum Gasteiger partial charge on any atom is -0.454 e. The van der Waals surface area contributed by atoms with Gasteiger partial charge in [-0.25, -0.2) is 0 Å². The molecule has 28 heavy (non-hydrogen) atoms. The van der Waals surface area contributed by atoms with Crippen molar-refractivity contribution in [2.75, 3.05) is 18.7 Å². The molecule has 2 aliphatic heterocycles. The molecule has 2 heterocycles. The fourth-order valence-electron chi connectivity index (χ4n) is 2.69. The maximum Gasteiger partial charge on any atom is 0.294 e. The highest BCUT2D eigenvalue weighted by Gasteiger charge is 2.36. The number of carbonyl (C=O) groups is 3. The predicted octanol–water partition coefficient (Wildman–Crippen LogP) is 3.74. The number of carbonyl (C=O) groups excluding carboxylic acids is 3. The summed E-state index contributed by atoms with van der Waals surface area (Å²) in [4.78, 5) is 38.1. The number of imide groups is 1. The van der Waals surface area contributed by atoms with Gasteiger partial charge in [-0.3, -0.25) is 19.3 Å². The Balaban J connectivity index is 1.44. The topological polar surface area (TPSA) is 84.9 Å². The van der Waals surface area contributed by atoms with E-state index in [1.54, 1.807) is 48.5 Å². The maximum atomic E-state index is 12.5. The predicted molar refractivity (Wildman–Crippen MR) is 105 cm³/mol. The zero-order chi connectivity index (χ0) is 19.7. The van der Waals surface area contributed by atoms with E-state index in [1.165, 1.54) is 0 Å². The number of thioether (sulfide) groups is 1. The molecule has 0 saturated carbocycles. The molecule has 0 atom stereocenters. The number of fused-ring (bicyclic) bond motifs is 1. The van der Waals surface area contributed by atoms with E-state index in [2.05, 4.69) is 5.32 Å². The third-order valence-electron chi connectivity index (χ3n) is 4.02. The molecule has 142 valence electrons. The molecule has 0 aromatic heterocycles. The third-order valence-corrected chi connectivity index (χ3v) is 5.28.